The zero-order valence-electron chi connectivity index (χ0n) is 11.6. The first-order valence-electron chi connectivity index (χ1n) is 6.67. The SMILES string of the molecule is Cc1cc(N/N=C\c2ccccc2O)c2ccccc2n1. The van der Waals surface area contributed by atoms with Gasteiger partial charge in [0.1, 0.15) is 5.75 Å². The van der Waals surface area contributed by atoms with Gasteiger partial charge in [-0.1, -0.05) is 30.3 Å². The summed E-state index contributed by atoms with van der Waals surface area (Å²) in [6, 6.07) is 16.9. The lowest BCUT2D eigenvalue weighted by atomic mass is 10.1. The number of para-hydroxylation sites is 2. The first kappa shape index (κ1) is 13.1. The third-order valence-electron chi connectivity index (χ3n) is 3.17. The second-order valence-corrected chi connectivity index (χ2v) is 4.76. The Labute approximate surface area is 122 Å². The van der Waals surface area contributed by atoms with E-state index >= 15 is 0 Å². The molecule has 0 amide bonds. The molecule has 0 saturated heterocycles. The number of nitrogens with one attached hydrogen (secondary N) is 1. The van der Waals surface area contributed by atoms with Crippen LogP contribution in [0.3, 0.4) is 0 Å². The number of phenolic OH excluding ortho intramolecular Hbond substituents is 1. The quantitative estimate of drug-likeness (QED) is 0.567. The summed E-state index contributed by atoms with van der Waals surface area (Å²) in [5.41, 5.74) is 6.44. The zero-order chi connectivity index (χ0) is 14.7. The molecule has 0 unspecified atom stereocenters. The summed E-state index contributed by atoms with van der Waals surface area (Å²) in [4.78, 5) is 4.48. The molecule has 0 radical (unpaired) electrons. The summed E-state index contributed by atoms with van der Waals surface area (Å²) in [6.07, 6.45) is 1.60. The molecular formula is C17H15N3O. The second-order valence-electron chi connectivity index (χ2n) is 4.76. The Hall–Kier alpha value is -2.88. The third kappa shape index (κ3) is 2.84. The monoisotopic (exact) mass is 277 g/mol. The molecule has 104 valence electrons. The lowest BCUT2D eigenvalue weighted by Crippen LogP contribution is -1.94. The smallest absolute Gasteiger partial charge is 0.124 e. The maximum absolute atomic E-state index is 9.69. The number of phenols is 1. The van der Waals surface area contributed by atoms with Crippen LogP contribution in [0.2, 0.25) is 0 Å². The van der Waals surface area contributed by atoms with Gasteiger partial charge in [0.15, 0.2) is 0 Å². The van der Waals surface area contributed by atoms with E-state index in [1.54, 1.807) is 24.4 Å². The van der Waals surface area contributed by atoms with Crippen molar-refractivity contribution in [1.82, 2.24) is 4.98 Å². The first-order chi connectivity index (χ1) is 10.2. The number of aromatic hydroxyl groups is 1. The van der Waals surface area contributed by atoms with Gasteiger partial charge in [-0.05, 0) is 31.2 Å². The highest BCUT2D eigenvalue weighted by Crippen LogP contribution is 2.23. The topological polar surface area (TPSA) is 57.5 Å². The Morgan fingerprint density at radius 3 is 2.71 bits per heavy atom. The lowest BCUT2D eigenvalue weighted by molar-refractivity contribution is 0.474. The predicted molar refractivity (Wildman–Crippen MR) is 85.8 cm³/mol. The van der Waals surface area contributed by atoms with Crippen molar-refractivity contribution in [2.24, 2.45) is 5.10 Å². The molecule has 0 aliphatic rings. The summed E-state index contributed by atoms with van der Waals surface area (Å²) in [7, 11) is 0. The van der Waals surface area contributed by atoms with Crippen molar-refractivity contribution in [1.29, 1.82) is 0 Å². The summed E-state index contributed by atoms with van der Waals surface area (Å²) in [6.45, 7) is 1.95. The van der Waals surface area contributed by atoms with Crippen LogP contribution in [0, 0.1) is 6.92 Å². The number of aryl methyl sites for hydroxylation is 1. The van der Waals surface area contributed by atoms with Crippen LogP contribution in [-0.4, -0.2) is 16.3 Å². The highest BCUT2D eigenvalue weighted by Gasteiger charge is 2.02. The van der Waals surface area contributed by atoms with Gasteiger partial charge in [0.25, 0.3) is 0 Å². The largest absolute Gasteiger partial charge is 0.507 e. The van der Waals surface area contributed by atoms with Crippen molar-refractivity contribution < 1.29 is 5.11 Å². The van der Waals surface area contributed by atoms with E-state index in [2.05, 4.69) is 15.5 Å². The van der Waals surface area contributed by atoms with E-state index in [0.29, 0.717) is 5.56 Å². The molecule has 3 aromatic rings. The average Bonchev–Trinajstić information content (AvgIpc) is 2.49. The molecule has 2 aromatic carbocycles. The molecule has 4 heteroatoms. The van der Waals surface area contributed by atoms with Crippen LogP contribution in [0.5, 0.6) is 5.75 Å². The summed E-state index contributed by atoms with van der Waals surface area (Å²) in [5.74, 6) is 0.207. The second kappa shape index (κ2) is 5.63. The number of hydrogen-bond acceptors (Lipinski definition) is 4. The van der Waals surface area contributed by atoms with E-state index in [1.807, 2.05) is 43.3 Å². The van der Waals surface area contributed by atoms with E-state index in [9.17, 15) is 5.11 Å². The highest BCUT2D eigenvalue weighted by atomic mass is 16.3. The number of aromatic nitrogens is 1. The van der Waals surface area contributed by atoms with Gasteiger partial charge < -0.3 is 5.11 Å². The molecule has 4 nitrogen and oxygen atoms in total. The maximum Gasteiger partial charge on any atom is 0.124 e. The fourth-order valence-electron chi connectivity index (χ4n) is 2.17. The molecule has 1 heterocycles. The Bertz CT molecular complexity index is 812. The van der Waals surface area contributed by atoms with Gasteiger partial charge in [-0.15, -0.1) is 0 Å². The normalized spacial score (nSPS) is 11.1. The predicted octanol–water partition coefficient (Wildman–Crippen LogP) is 3.69. The van der Waals surface area contributed by atoms with Crippen LogP contribution < -0.4 is 5.43 Å². The first-order valence-corrected chi connectivity index (χ1v) is 6.67. The fraction of sp³-hybridized carbons (Fsp3) is 0.0588. The van der Waals surface area contributed by atoms with Gasteiger partial charge >= 0.3 is 0 Å². The van der Waals surface area contributed by atoms with Crippen LogP contribution >= 0.6 is 0 Å². The lowest BCUT2D eigenvalue weighted by Gasteiger charge is -2.06. The van der Waals surface area contributed by atoms with Gasteiger partial charge in [0.05, 0.1) is 17.4 Å². The highest BCUT2D eigenvalue weighted by molar-refractivity contribution is 5.92. The van der Waals surface area contributed by atoms with Gasteiger partial charge in [-0.2, -0.15) is 5.10 Å². The molecule has 0 aliphatic carbocycles. The van der Waals surface area contributed by atoms with E-state index in [-0.39, 0.29) is 5.75 Å². The minimum atomic E-state index is 0.207. The molecule has 0 aliphatic heterocycles. The number of fused-ring (bicyclic) bond motifs is 1. The van der Waals surface area contributed by atoms with Crippen LogP contribution in [0.4, 0.5) is 5.69 Å². The average molecular weight is 277 g/mol. The van der Waals surface area contributed by atoms with Crippen molar-refractivity contribution in [2.45, 2.75) is 6.92 Å². The molecule has 0 fully saturated rings. The van der Waals surface area contributed by atoms with Crippen LogP contribution in [0.1, 0.15) is 11.3 Å². The molecule has 3 rings (SSSR count). The number of pyridine rings is 1. The van der Waals surface area contributed by atoms with Gasteiger partial charge in [-0.3, -0.25) is 10.4 Å². The molecule has 2 N–H and O–H groups in total. The van der Waals surface area contributed by atoms with Gasteiger partial charge in [-0.25, -0.2) is 0 Å². The number of nitrogens with zero attached hydrogens (tertiary/aromatic N) is 2. The zero-order valence-corrected chi connectivity index (χ0v) is 11.6. The fourth-order valence-corrected chi connectivity index (χ4v) is 2.17. The van der Waals surface area contributed by atoms with Crippen LogP contribution in [-0.2, 0) is 0 Å². The Balaban J connectivity index is 1.90. The Kier molecular flexibility index (Phi) is 3.51. The van der Waals surface area contributed by atoms with E-state index in [4.69, 9.17) is 0 Å². The van der Waals surface area contributed by atoms with Crippen molar-refractivity contribution in [3.05, 3.63) is 65.9 Å². The maximum atomic E-state index is 9.69. The Morgan fingerprint density at radius 1 is 1.10 bits per heavy atom. The number of hydrogen-bond donors (Lipinski definition) is 2. The molecular weight excluding hydrogens is 262 g/mol. The standard InChI is InChI=1S/C17H15N3O/c1-12-10-16(14-7-3-4-8-15(14)19-12)20-18-11-13-6-2-5-9-17(13)21/h2-11,21H,1H3,(H,19,20)/b18-11-. The van der Waals surface area contributed by atoms with E-state index in [0.717, 1.165) is 22.3 Å². The summed E-state index contributed by atoms with van der Waals surface area (Å²) >= 11 is 0. The number of hydrazone groups is 1. The number of rotatable bonds is 3. The van der Waals surface area contributed by atoms with Gasteiger partial charge in [0, 0.05) is 16.6 Å². The molecule has 0 bridgehead atoms. The molecule has 0 saturated carbocycles. The minimum absolute atomic E-state index is 0.207. The van der Waals surface area contributed by atoms with Crippen molar-refractivity contribution in [2.75, 3.05) is 5.43 Å². The molecule has 21 heavy (non-hydrogen) atoms. The van der Waals surface area contributed by atoms with Crippen molar-refractivity contribution in [3.63, 3.8) is 0 Å². The number of benzene rings is 2. The van der Waals surface area contributed by atoms with E-state index < -0.39 is 0 Å². The van der Waals surface area contributed by atoms with Crippen molar-refractivity contribution in [3.8, 4) is 5.75 Å². The van der Waals surface area contributed by atoms with E-state index in [1.165, 1.54) is 0 Å². The van der Waals surface area contributed by atoms with Crippen molar-refractivity contribution >= 4 is 22.8 Å². The molecule has 1 aromatic heterocycles. The molecule has 0 spiro atoms. The van der Waals surface area contributed by atoms with Crippen LogP contribution in [0.15, 0.2) is 59.7 Å². The number of anilines is 1. The Morgan fingerprint density at radius 2 is 1.86 bits per heavy atom. The minimum Gasteiger partial charge on any atom is -0.507 e. The summed E-state index contributed by atoms with van der Waals surface area (Å²) < 4.78 is 0. The molecule has 0 atom stereocenters. The summed E-state index contributed by atoms with van der Waals surface area (Å²) in [5, 5.41) is 14.9. The van der Waals surface area contributed by atoms with Crippen LogP contribution in [0.25, 0.3) is 10.9 Å². The van der Waals surface area contributed by atoms with Gasteiger partial charge in [0.2, 0.25) is 0 Å². The third-order valence-corrected chi connectivity index (χ3v) is 3.17.